The van der Waals surface area contributed by atoms with Crippen molar-refractivity contribution in [1.82, 2.24) is 19.9 Å². The van der Waals surface area contributed by atoms with Crippen molar-refractivity contribution in [3.63, 3.8) is 0 Å². The number of H-pyrrole nitrogens is 1. The Hall–Kier alpha value is -3.22. The highest BCUT2D eigenvalue weighted by Crippen LogP contribution is 2.47. The Bertz CT molecular complexity index is 1220. The van der Waals surface area contributed by atoms with Crippen molar-refractivity contribution >= 4 is 17.3 Å². The van der Waals surface area contributed by atoms with Crippen LogP contribution in [0.5, 0.6) is 0 Å². The Kier molecular flexibility index (Phi) is 3.94. The minimum absolute atomic E-state index is 0.0424. The van der Waals surface area contributed by atoms with E-state index in [1.165, 1.54) is 10.6 Å². The molecule has 2 aromatic heterocycles. The van der Waals surface area contributed by atoms with E-state index in [4.69, 9.17) is 4.98 Å². The molecule has 2 aliphatic carbocycles. The molecule has 7 nitrogen and oxygen atoms in total. The highest BCUT2D eigenvalue weighted by molar-refractivity contribution is 6.03. The number of carbonyl (C=O) groups is 2. The number of Topliss-reactive ketones (excluding diaryl/α,β-unsaturated/α-hetero) is 1. The van der Waals surface area contributed by atoms with E-state index in [1.807, 2.05) is 25.1 Å². The van der Waals surface area contributed by atoms with Crippen LogP contribution in [0, 0.1) is 0 Å². The molecule has 0 aliphatic heterocycles. The highest BCUT2D eigenvalue weighted by atomic mass is 16.2. The monoisotopic (exact) mass is 390 g/mol. The van der Waals surface area contributed by atoms with E-state index < -0.39 is 5.41 Å². The van der Waals surface area contributed by atoms with Gasteiger partial charge in [0.2, 0.25) is 5.91 Å². The van der Waals surface area contributed by atoms with Crippen LogP contribution in [0.15, 0.2) is 35.1 Å². The van der Waals surface area contributed by atoms with Gasteiger partial charge in [0.15, 0.2) is 11.4 Å². The van der Waals surface area contributed by atoms with Crippen LogP contribution in [0.1, 0.15) is 54.4 Å². The van der Waals surface area contributed by atoms with E-state index in [0.717, 1.165) is 28.7 Å². The second-order valence-corrected chi connectivity index (χ2v) is 7.91. The third-order valence-corrected chi connectivity index (χ3v) is 6.04. The molecule has 0 unspecified atom stereocenters. The number of benzene rings is 1. The summed E-state index contributed by atoms with van der Waals surface area (Å²) in [6.07, 6.45) is 3.48. The van der Waals surface area contributed by atoms with Crippen molar-refractivity contribution in [3.05, 3.63) is 57.6 Å². The zero-order valence-electron chi connectivity index (χ0n) is 16.2. The normalized spacial score (nSPS) is 16.8. The lowest BCUT2D eigenvalue weighted by atomic mass is 9.97. The average Bonchev–Trinajstić information content (AvgIpc) is 3.27. The first-order valence-corrected chi connectivity index (χ1v) is 10.1. The molecule has 2 aliphatic rings. The fourth-order valence-electron chi connectivity index (χ4n) is 4.25. The molecule has 1 amide bonds. The van der Waals surface area contributed by atoms with Crippen LogP contribution in [0.4, 0.5) is 0 Å². The van der Waals surface area contributed by atoms with Crippen LogP contribution >= 0.6 is 0 Å². The third kappa shape index (κ3) is 2.64. The standard InChI is InChI=1S/C22H22N4O3/c1-2-12-23-21(29)22(10-11-22)20-24-19-16(7-9-18(28)26(19)25-20)13-4-3-5-15-14(13)6-8-17(15)27/h3-5,7,9H,2,6,8,10-12H2,1H3,(H,23,29)(H,24,25). The topological polar surface area (TPSA) is 96.3 Å². The van der Waals surface area contributed by atoms with Crippen LogP contribution in [0.25, 0.3) is 16.8 Å². The van der Waals surface area contributed by atoms with Crippen LogP contribution < -0.4 is 10.9 Å². The smallest absolute Gasteiger partial charge is 0.271 e. The fraction of sp³-hybridized carbons (Fsp3) is 0.364. The molecule has 2 heterocycles. The Morgan fingerprint density at radius 1 is 1.14 bits per heavy atom. The number of hydrogen-bond acceptors (Lipinski definition) is 4. The maximum absolute atomic E-state index is 12.7. The van der Waals surface area contributed by atoms with E-state index >= 15 is 0 Å². The second-order valence-electron chi connectivity index (χ2n) is 7.91. The van der Waals surface area contributed by atoms with Gasteiger partial charge in [-0.15, -0.1) is 0 Å². The van der Waals surface area contributed by atoms with E-state index in [9.17, 15) is 14.4 Å². The number of pyridine rings is 1. The molecule has 29 heavy (non-hydrogen) atoms. The zero-order valence-corrected chi connectivity index (χ0v) is 16.2. The van der Waals surface area contributed by atoms with E-state index in [0.29, 0.717) is 43.7 Å². The molecule has 3 aromatic rings. The summed E-state index contributed by atoms with van der Waals surface area (Å²) in [5.74, 6) is 0.636. The van der Waals surface area contributed by atoms with Crippen molar-refractivity contribution < 1.29 is 9.59 Å². The van der Waals surface area contributed by atoms with Crippen molar-refractivity contribution in [2.75, 3.05) is 6.54 Å². The molecule has 1 saturated carbocycles. The number of amides is 1. The number of carbonyl (C=O) groups excluding carboxylic acids is 2. The highest BCUT2D eigenvalue weighted by Gasteiger charge is 2.54. The van der Waals surface area contributed by atoms with E-state index in [2.05, 4.69) is 10.4 Å². The van der Waals surface area contributed by atoms with Gasteiger partial charge < -0.3 is 5.32 Å². The van der Waals surface area contributed by atoms with Gasteiger partial charge in [-0.1, -0.05) is 25.1 Å². The zero-order chi connectivity index (χ0) is 20.2. The molecule has 1 aromatic carbocycles. The Morgan fingerprint density at radius 2 is 1.93 bits per heavy atom. The number of hydrogen-bond donors (Lipinski definition) is 2. The number of nitrogens with zero attached hydrogens (tertiary/aromatic N) is 2. The van der Waals surface area contributed by atoms with Crippen molar-refractivity contribution in [3.8, 4) is 11.1 Å². The van der Waals surface area contributed by atoms with Crippen LogP contribution in [0.3, 0.4) is 0 Å². The molecule has 0 bridgehead atoms. The first-order chi connectivity index (χ1) is 14.0. The number of fused-ring (bicyclic) bond motifs is 2. The lowest BCUT2D eigenvalue weighted by molar-refractivity contribution is -0.123. The molecule has 2 N–H and O–H groups in total. The van der Waals surface area contributed by atoms with Crippen molar-refractivity contribution in [2.24, 2.45) is 0 Å². The summed E-state index contributed by atoms with van der Waals surface area (Å²) in [6.45, 7) is 2.63. The fourth-order valence-corrected chi connectivity index (χ4v) is 4.25. The van der Waals surface area contributed by atoms with Gasteiger partial charge in [0, 0.05) is 30.2 Å². The van der Waals surface area contributed by atoms with E-state index in [-0.39, 0.29) is 17.2 Å². The quantitative estimate of drug-likeness (QED) is 0.699. The van der Waals surface area contributed by atoms with Gasteiger partial charge in [0.25, 0.3) is 5.56 Å². The maximum atomic E-state index is 12.7. The molecule has 7 heteroatoms. The average molecular weight is 390 g/mol. The molecule has 5 rings (SSSR count). The number of rotatable bonds is 5. The van der Waals surface area contributed by atoms with Crippen LogP contribution in [-0.4, -0.2) is 32.8 Å². The first kappa shape index (κ1) is 17.8. The largest absolute Gasteiger partial charge is 0.355 e. The predicted molar refractivity (Wildman–Crippen MR) is 108 cm³/mol. The summed E-state index contributed by atoms with van der Waals surface area (Å²) in [5, 5.41) is 6.03. The van der Waals surface area contributed by atoms with Gasteiger partial charge in [-0.05, 0) is 42.9 Å². The Labute approximate surface area is 167 Å². The lowest BCUT2D eigenvalue weighted by Gasteiger charge is -2.11. The number of nitrogens with one attached hydrogen (secondary N) is 2. The predicted octanol–water partition coefficient (Wildman–Crippen LogP) is 2.38. The van der Waals surface area contributed by atoms with E-state index in [1.54, 1.807) is 6.07 Å². The molecular weight excluding hydrogens is 368 g/mol. The van der Waals surface area contributed by atoms with Gasteiger partial charge in [-0.2, -0.15) is 4.52 Å². The molecule has 0 atom stereocenters. The van der Waals surface area contributed by atoms with Crippen molar-refractivity contribution in [1.29, 1.82) is 0 Å². The third-order valence-electron chi connectivity index (χ3n) is 6.04. The molecule has 0 radical (unpaired) electrons. The molecule has 0 spiro atoms. The lowest BCUT2D eigenvalue weighted by Crippen LogP contribution is -2.36. The summed E-state index contributed by atoms with van der Waals surface area (Å²) >= 11 is 0. The molecule has 1 fully saturated rings. The van der Waals surface area contributed by atoms with Gasteiger partial charge in [0.05, 0.1) is 0 Å². The van der Waals surface area contributed by atoms with Gasteiger partial charge >= 0.3 is 0 Å². The number of aromatic amines is 1. The van der Waals surface area contributed by atoms with Crippen LogP contribution in [0.2, 0.25) is 0 Å². The minimum atomic E-state index is -0.681. The van der Waals surface area contributed by atoms with Gasteiger partial charge in [0.1, 0.15) is 11.2 Å². The molecule has 0 saturated heterocycles. The Morgan fingerprint density at radius 3 is 2.69 bits per heavy atom. The second kappa shape index (κ2) is 6.40. The summed E-state index contributed by atoms with van der Waals surface area (Å²) in [6, 6.07) is 8.95. The van der Waals surface area contributed by atoms with Gasteiger partial charge in [-0.25, -0.2) is 4.98 Å². The summed E-state index contributed by atoms with van der Waals surface area (Å²) < 4.78 is 1.41. The SMILES string of the molecule is CCCNC(=O)C1(c2nc3c(-c4cccc5c4CCC5=O)ccc(=O)n3[nH]2)CC1. The molecule has 148 valence electrons. The maximum Gasteiger partial charge on any atom is 0.271 e. The summed E-state index contributed by atoms with van der Waals surface area (Å²) in [4.78, 5) is 42.1. The minimum Gasteiger partial charge on any atom is -0.355 e. The summed E-state index contributed by atoms with van der Waals surface area (Å²) in [5.41, 5.74) is 3.06. The van der Waals surface area contributed by atoms with Gasteiger partial charge in [-0.3, -0.25) is 19.5 Å². The molecular formula is C22H22N4O3. The first-order valence-electron chi connectivity index (χ1n) is 10.1. The number of ketones is 1. The Balaban J connectivity index is 1.65. The number of aromatic nitrogens is 3. The van der Waals surface area contributed by atoms with Crippen LogP contribution in [-0.2, 0) is 16.6 Å². The van der Waals surface area contributed by atoms with Crippen molar-refractivity contribution in [2.45, 2.75) is 44.4 Å². The summed E-state index contributed by atoms with van der Waals surface area (Å²) in [7, 11) is 0.